The van der Waals surface area contributed by atoms with Crippen LogP contribution in [0.15, 0.2) is 60.7 Å². The van der Waals surface area contributed by atoms with Gasteiger partial charge in [0.2, 0.25) is 0 Å². The lowest BCUT2D eigenvalue weighted by atomic mass is 9.89. The van der Waals surface area contributed by atoms with Crippen molar-refractivity contribution >= 4 is 0 Å². The van der Waals surface area contributed by atoms with Gasteiger partial charge in [0, 0.05) is 11.5 Å². The van der Waals surface area contributed by atoms with Crippen molar-refractivity contribution in [3.05, 3.63) is 71.8 Å². The first kappa shape index (κ1) is 14.5. The van der Waals surface area contributed by atoms with E-state index < -0.39 is 0 Å². The molecular weight excluding hydrogens is 272 g/mol. The van der Waals surface area contributed by atoms with Crippen LogP contribution in [0.2, 0.25) is 0 Å². The molecule has 1 aliphatic rings. The normalized spacial score (nSPS) is 16.9. The fraction of sp³-hybridized carbons (Fsp3) is 0.200. The average molecular weight is 292 g/mol. The zero-order valence-corrected chi connectivity index (χ0v) is 12.7. The third-order valence-corrected chi connectivity index (χ3v) is 4.20. The Morgan fingerprint density at radius 2 is 1.82 bits per heavy atom. The van der Waals surface area contributed by atoms with Crippen LogP contribution in [0.1, 0.15) is 30.4 Å². The molecule has 0 radical (unpaired) electrons. The van der Waals surface area contributed by atoms with E-state index in [4.69, 9.17) is 0 Å². The Balaban J connectivity index is 2.03. The Labute approximate surface area is 131 Å². The van der Waals surface area contributed by atoms with Gasteiger partial charge in [0.25, 0.3) is 0 Å². The number of aromatic hydroxyl groups is 2. The van der Waals surface area contributed by atoms with Crippen molar-refractivity contribution < 1.29 is 10.2 Å². The van der Waals surface area contributed by atoms with E-state index in [-0.39, 0.29) is 5.75 Å². The Bertz CT molecular complexity index is 741. The van der Waals surface area contributed by atoms with E-state index in [0.717, 1.165) is 29.5 Å². The highest BCUT2D eigenvalue weighted by atomic mass is 16.3. The van der Waals surface area contributed by atoms with Crippen molar-refractivity contribution in [2.24, 2.45) is 0 Å². The molecule has 2 aromatic carbocycles. The molecule has 0 spiro atoms. The van der Waals surface area contributed by atoms with E-state index in [0.29, 0.717) is 11.7 Å². The molecule has 112 valence electrons. The number of benzene rings is 2. The van der Waals surface area contributed by atoms with Gasteiger partial charge in [-0.2, -0.15) is 0 Å². The summed E-state index contributed by atoms with van der Waals surface area (Å²) in [6.07, 6.45) is 10.2. The Hall–Kier alpha value is -2.48. The number of hydrogen-bond acceptors (Lipinski definition) is 2. The van der Waals surface area contributed by atoms with Crippen LogP contribution in [-0.2, 0) is 6.42 Å². The Kier molecular flexibility index (Phi) is 4.01. The third-order valence-electron chi connectivity index (χ3n) is 4.20. The fourth-order valence-electron chi connectivity index (χ4n) is 2.88. The van der Waals surface area contributed by atoms with E-state index in [9.17, 15) is 10.2 Å². The van der Waals surface area contributed by atoms with E-state index in [1.807, 2.05) is 25.1 Å². The molecule has 1 atom stereocenters. The molecule has 0 saturated carbocycles. The summed E-state index contributed by atoms with van der Waals surface area (Å²) in [5, 5.41) is 20.1. The minimum absolute atomic E-state index is 0.270. The van der Waals surface area contributed by atoms with Gasteiger partial charge >= 0.3 is 0 Å². The van der Waals surface area contributed by atoms with Gasteiger partial charge in [0.15, 0.2) is 0 Å². The molecule has 1 aliphatic carbocycles. The zero-order valence-electron chi connectivity index (χ0n) is 12.7. The molecule has 0 aliphatic heterocycles. The smallest absolute Gasteiger partial charge is 0.123 e. The van der Waals surface area contributed by atoms with Gasteiger partial charge in [-0.05, 0) is 53.8 Å². The van der Waals surface area contributed by atoms with Gasteiger partial charge in [-0.1, -0.05) is 43.4 Å². The maximum absolute atomic E-state index is 10.2. The van der Waals surface area contributed by atoms with Crippen LogP contribution >= 0.6 is 0 Å². The Morgan fingerprint density at radius 3 is 2.55 bits per heavy atom. The largest absolute Gasteiger partial charge is 0.508 e. The zero-order chi connectivity index (χ0) is 15.5. The highest BCUT2D eigenvalue weighted by Crippen LogP contribution is 2.36. The number of rotatable bonds is 3. The van der Waals surface area contributed by atoms with Gasteiger partial charge in [-0.15, -0.1) is 0 Å². The molecular formula is C20H20O2. The molecule has 0 fully saturated rings. The van der Waals surface area contributed by atoms with Crippen LogP contribution in [0.5, 0.6) is 11.5 Å². The van der Waals surface area contributed by atoms with Gasteiger partial charge in [0.05, 0.1) is 0 Å². The lowest BCUT2D eigenvalue weighted by Crippen LogP contribution is -1.96. The van der Waals surface area contributed by atoms with Crippen LogP contribution in [-0.4, -0.2) is 10.2 Å². The standard InChI is InChI=1S/C20H20O2/c1-2-14-12-17(9-10-19(14)21)18-13-16(8-11-20(18)22)15-6-4-3-5-7-15/h3-6,8-13,15,21-22H,2,7H2,1H3. The van der Waals surface area contributed by atoms with Crippen molar-refractivity contribution in [2.75, 3.05) is 0 Å². The first-order chi connectivity index (χ1) is 10.7. The van der Waals surface area contributed by atoms with Crippen LogP contribution in [0.4, 0.5) is 0 Å². The molecule has 22 heavy (non-hydrogen) atoms. The minimum Gasteiger partial charge on any atom is -0.508 e. The lowest BCUT2D eigenvalue weighted by Gasteiger charge is -2.16. The van der Waals surface area contributed by atoms with Crippen LogP contribution in [0, 0.1) is 0 Å². The van der Waals surface area contributed by atoms with Gasteiger partial charge in [0.1, 0.15) is 11.5 Å². The quantitative estimate of drug-likeness (QED) is 0.842. The Morgan fingerprint density at radius 1 is 1.00 bits per heavy atom. The van der Waals surface area contributed by atoms with E-state index in [1.54, 1.807) is 12.1 Å². The minimum atomic E-state index is 0.270. The number of aryl methyl sites for hydroxylation is 1. The number of phenols is 2. The summed E-state index contributed by atoms with van der Waals surface area (Å²) in [5.41, 5.74) is 3.84. The monoisotopic (exact) mass is 292 g/mol. The maximum Gasteiger partial charge on any atom is 0.123 e. The molecule has 0 saturated heterocycles. The second-order valence-corrected chi connectivity index (χ2v) is 5.63. The third kappa shape index (κ3) is 2.77. The topological polar surface area (TPSA) is 40.5 Å². The maximum atomic E-state index is 10.2. The van der Waals surface area contributed by atoms with Crippen molar-refractivity contribution in [1.82, 2.24) is 0 Å². The molecule has 2 heteroatoms. The summed E-state index contributed by atoms with van der Waals surface area (Å²) in [6, 6.07) is 11.3. The van der Waals surface area contributed by atoms with Gasteiger partial charge in [-0.25, -0.2) is 0 Å². The van der Waals surface area contributed by atoms with E-state index in [2.05, 4.69) is 30.4 Å². The molecule has 0 aromatic heterocycles. The average Bonchev–Trinajstić information content (AvgIpc) is 2.57. The van der Waals surface area contributed by atoms with Crippen LogP contribution < -0.4 is 0 Å². The molecule has 2 aromatic rings. The first-order valence-corrected chi connectivity index (χ1v) is 7.67. The van der Waals surface area contributed by atoms with Gasteiger partial charge < -0.3 is 10.2 Å². The van der Waals surface area contributed by atoms with E-state index >= 15 is 0 Å². The molecule has 0 amide bonds. The molecule has 2 N–H and O–H groups in total. The van der Waals surface area contributed by atoms with Crippen molar-refractivity contribution in [2.45, 2.75) is 25.7 Å². The van der Waals surface area contributed by atoms with Crippen molar-refractivity contribution in [3.63, 3.8) is 0 Å². The van der Waals surface area contributed by atoms with Crippen LogP contribution in [0.25, 0.3) is 11.1 Å². The van der Waals surface area contributed by atoms with Crippen molar-refractivity contribution in [1.29, 1.82) is 0 Å². The lowest BCUT2D eigenvalue weighted by molar-refractivity contribution is 0.468. The van der Waals surface area contributed by atoms with Crippen molar-refractivity contribution in [3.8, 4) is 22.6 Å². The first-order valence-electron chi connectivity index (χ1n) is 7.67. The molecule has 0 bridgehead atoms. The second-order valence-electron chi connectivity index (χ2n) is 5.63. The molecule has 3 rings (SSSR count). The van der Waals surface area contributed by atoms with E-state index in [1.165, 1.54) is 5.56 Å². The predicted molar refractivity (Wildman–Crippen MR) is 90.2 cm³/mol. The second kappa shape index (κ2) is 6.10. The highest BCUT2D eigenvalue weighted by Gasteiger charge is 2.13. The SMILES string of the molecule is CCc1cc(-c2cc(C3C=CC=CC3)ccc2O)ccc1O. The molecule has 0 heterocycles. The molecule has 2 nitrogen and oxygen atoms in total. The number of hydrogen-bond donors (Lipinski definition) is 2. The van der Waals surface area contributed by atoms with Gasteiger partial charge in [-0.3, -0.25) is 0 Å². The summed E-state index contributed by atoms with van der Waals surface area (Å²) >= 11 is 0. The summed E-state index contributed by atoms with van der Waals surface area (Å²) in [5.74, 6) is 0.932. The molecule has 1 unspecified atom stereocenters. The van der Waals surface area contributed by atoms with Crippen LogP contribution in [0.3, 0.4) is 0 Å². The summed E-state index contributed by atoms with van der Waals surface area (Å²) in [7, 11) is 0. The summed E-state index contributed by atoms with van der Waals surface area (Å²) in [4.78, 5) is 0. The predicted octanol–water partition coefficient (Wildman–Crippen LogP) is 4.93. The highest BCUT2D eigenvalue weighted by molar-refractivity contribution is 5.72. The fourth-order valence-corrected chi connectivity index (χ4v) is 2.88. The summed E-state index contributed by atoms with van der Waals surface area (Å²) < 4.78 is 0. The number of allylic oxidation sites excluding steroid dienone is 4. The summed E-state index contributed by atoms with van der Waals surface area (Å²) in [6.45, 7) is 2.01. The number of phenolic OH excluding ortho intramolecular Hbond substituents is 2.